The van der Waals surface area contributed by atoms with E-state index in [1.807, 2.05) is 45.9 Å². The molecule has 0 aliphatic carbocycles. The average molecular weight is 363 g/mol. The van der Waals surface area contributed by atoms with E-state index < -0.39 is 5.25 Å². The van der Waals surface area contributed by atoms with Crippen LogP contribution in [0, 0.1) is 6.92 Å². The maximum Gasteiger partial charge on any atom is 0.237 e. The van der Waals surface area contributed by atoms with Crippen LogP contribution >= 0.6 is 11.8 Å². The van der Waals surface area contributed by atoms with Gasteiger partial charge in [-0.1, -0.05) is 38.6 Å². The number of amides is 1. The molecule has 0 saturated heterocycles. The highest BCUT2D eigenvalue weighted by atomic mass is 32.2. The van der Waals surface area contributed by atoms with Crippen molar-refractivity contribution in [3.8, 4) is 5.75 Å². The van der Waals surface area contributed by atoms with Gasteiger partial charge in [0, 0.05) is 5.41 Å². The van der Waals surface area contributed by atoms with Crippen molar-refractivity contribution < 1.29 is 9.53 Å². The molecule has 1 aromatic carbocycles. The summed E-state index contributed by atoms with van der Waals surface area (Å²) in [7, 11) is 1.57. The number of thioether (sulfide) groups is 1. The van der Waals surface area contributed by atoms with Crippen molar-refractivity contribution in [3.63, 3.8) is 0 Å². The van der Waals surface area contributed by atoms with Crippen LogP contribution in [0.25, 0.3) is 0 Å². The number of nitrogens with zero attached hydrogens (tertiary/aromatic N) is 3. The molecular formula is C17H25N5O2S. The largest absolute Gasteiger partial charge is 0.495 e. The monoisotopic (exact) mass is 363 g/mol. The number of methoxy groups -OCH3 is 1. The quantitative estimate of drug-likeness (QED) is 0.626. The first-order valence-corrected chi connectivity index (χ1v) is 8.84. The first kappa shape index (κ1) is 19.1. The van der Waals surface area contributed by atoms with Crippen molar-refractivity contribution in [2.24, 2.45) is 0 Å². The molecule has 0 aliphatic heterocycles. The van der Waals surface area contributed by atoms with Gasteiger partial charge in [0.2, 0.25) is 11.1 Å². The molecular weight excluding hydrogens is 338 g/mol. The highest BCUT2D eigenvalue weighted by Crippen LogP contribution is 2.29. The van der Waals surface area contributed by atoms with E-state index in [0.717, 1.165) is 5.56 Å². The molecule has 2 aromatic rings. The number of aromatic nitrogens is 3. The summed E-state index contributed by atoms with van der Waals surface area (Å²) >= 11 is 1.26. The van der Waals surface area contributed by atoms with Gasteiger partial charge in [0.25, 0.3) is 0 Å². The third-order valence-corrected chi connectivity index (χ3v) is 4.66. The molecule has 3 N–H and O–H groups in total. The van der Waals surface area contributed by atoms with Crippen molar-refractivity contribution in [1.29, 1.82) is 0 Å². The second kappa shape index (κ2) is 7.35. The standard InChI is InChI=1S/C17H25N5O2S/c1-10-7-8-13(24-6)12(9-10)19-14(23)11(2)25-16-21-20-15(22(16)18)17(3,4)5/h7-9,11H,18H2,1-6H3,(H,19,23). The van der Waals surface area contributed by atoms with Crippen LogP contribution in [0.2, 0.25) is 0 Å². The fourth-order valence-electron chi connectivity index (χ4n) is 2.23. The number of anilines is 1. The fraction of sp³-hybridized carbons (Fsp3) is 0.471. The van der Waals surface area contributed by atoms with E-state index in [1.54, 1.807) is 14.0 Å². The SMILES string of the molecule is COc1ccc(C)cc1NC(=O)C(C)Sc1nnc(C(C)(C)C)n1N. The van der Waals surface area contributed by atoms with E-state index in [-0.39, 0.29) is 11.3 Å². The van der Waals surface area contributed by atoms with Crippen LogP contribution in [0.15, 0.2) is 23.4 Å². The Balaban J connectivity index is 2.12. The normalized spacial score (nSPS) is 12.7. The zero-order valence-corrected chi connectivity index (χ0v) is 16.3. The Morgan fingerprint density at radius 3 is 2.60 bits per heavy atom. The summed E-state index contributed by atoms with van der Waals surface area (Å²) in [6.45, 7) is 9.78. The maximum atomic E-state index is 12.5. The lowest BCUT2D eigenvalue weighted by Gasteiger charge is -2.17. The van der Waals surface area contributed by atoms with Crippen LogP contribution < -0.4 is 15.9 Å². The number of hydrogen-bond acceptors (Lipinski definition) is 6. The zero-order chi connectivity index (χ0) is 18.8. The number of nitrogen functional groups attached to an aromatic ring is 1. The van der Waals surface area contributed by atoms with Crippen molar-refractivity contribution in [1.82, 2.24) is 14.9 Å². The van der Waals surface area contributed by atoms with Gasteiger partial charge in [0.1, 0.15) is 5.75 Å². The molecule has 0 radical (unpaired) electrons. The van der Waals surface area contributed by atoms with Gasteiger partial charge in [0.15, 0.2) is 5.82 Å². The number of benzene rings is 1. The van der Waals surface area contributed by atoms with Crippen LogP contribution in [0.5, 0.6) is 5.75 Å². The fourth-order valence-corrected chi connectivity index (χ4v) is 3.00. The average Bonchev–Trinajstić information content (AvgIpc) is 2.88. The predicted molar refractivity (Wildman–Crippen MR) is 101 cm³/mol. The van der Waals surface area contributed by atoms with Crippen LogP contribution in [0.3, 0.4) is 0 Å². The van der Waals surface area contributed by atoms with Gasteiger partial charge in [-0.25, -0.2) is 4.68 Å². The molecule has 136 valence electrons. The first-order valence-electron chi connectivity index (χ1n) is 7.96. The second-order valence-corrected chi connectivity index (χ2v) is 8.19. The van der Waals surface area contributed by atoms with Crippen molar-refractivity contribution >= 4 is 23.4 Å². The second-order valence-electron chi connectivity index (χ2n) is 6.88. The van der Waals surface area contributed by atoms with Gasteiger partial charge in [-0.15, -0.1) is 10.2 Å². The molecule has 25 heavy (non-hydrogen) atoms. The highest BCUT2D eigenvalue weighted by Gasteiger charge is 2.25. The Morgan fingerprint density at radius 2 is 2.04 bits per heavy atom. The third kappa shape index (κ3) is 4.45. The maximum absolute atomic E-state index is 12.5. The molecule has 1 atom stereocenters. The summed E-state index contributed by atoms with van der Waals surface area (Å²) in [5, 5.41) is 11.2. The molecule has 7 nitrogen and oxygen atoms in total. The zero-order valence-electron chi connectivity index (χ0n) is 15.5. The van der Waals surface area contributed by atoms with Crippen LogP contribution in [0.4, 0.5) is 5.69 Å². The van der Waals surface area contributed by atoms with Crippen molar-refractivity contribution in [3.05, 3.63) is 29.6 Å². The lowest BCUT2D eigenvalue weighted by atomic mass is 9.96. The summed E-state index contributed by atoms with van der Waals surface area (Å²) in [6.07, 6.45) is 0. The Morgan fingerprint density at radius 1 is 1.36 bits per heavy atom. The van der Waals surface area contributed by atoms with E-state index >= 15 is 0 Å². The Hall–Kier alpha value is -2.22. The number of aryl methyl sites for hydroxylation is 1. The van der Waals surface area contributed by atoms with E-state index in [4.69, 9.17) is 10.6 Å². The number of nitrogens with one attached hydrogen (secondary N) is 1. The molecule has 2 rings (SSSR count). The Kier molecular flexibility index (Phi) is 5.62. The third-order valence-electron chi connectivity index (χ3n) is 3.60. The minimum atomic E-state index is -0.399. The van der Waals surface area contributed by atoms with E-state index in [2.05, 4.69) is 15.5 Å². The molecule has 0 fully saturated rings. The molecule has 1 amide bonds. The minimum absolute atomic E-state index is 0.158. The summed E-state index contributed by atoms with van der Waals surface area (Å²) in [6, 6.07) is 5.63. The van der Waals surface area contributed by atoms with Crippen LogP contribution in [-0.2, 0) is 10.2 Å². The Labute approximate surface area is 152 Å². The van der Waals surface area contributed by atoms with Gasteiger partial charge in [-0.3, -0.25) is 4.79 Å². The van der Waals surface area contributed by atoms with Gasteiger partial charge in [-0.2, -0.15) is 0 Å². The summed E-state index contributed by atoms with van der Waals surface area (Å²) in [5.74, 6) is 7.21. The highest BCUT2D eigenvalue weighted by molar-refractivity contribution is 8.00. The van der Waals surface area contributed by atoms with Crippen LogP contribution in [0.1, 0.15) is 39.1 Å². The molecule has 0 aliphatic rings. The number of carbonyl (C=O) groups excluding carboxylic acids is 1. The molecule has 8 heteroatoms. The molecule has 1 aromatic heterocycles. The van der Waals surface area contributed by atoms with Gasteiger partial charge >= 0.3 is 0 Å². The number of nitrogens with two attached hydrogens (primary N) is 1. The number of hydrogen-bond donors (Lipinski definition) is 2. The topological polar surface area (TPSA) is 95.1 Å². The van der Waals surface area contributed by atoms with Crippen molar-refractivity contribution in [2.75, 3.05) is 18.3 Å². The number of carbonyl (C=O) groups is 1. The van der Waals surface area contributed by atoms with Gasteiger partial charge in [0.05, 0.1) is 18.0 Å². The van der Waals surface area contributed by atoms with Gasteiger partial charge < -0.3 is 15.9 Å². The van der Waals surface area contributed by atoms with E-state index in [9.17, 15) is 4.79 Å². The summed E-state index contributed by atoms with van der Waals surface area (Å²) in [5.41, 5.74) is 1.46. The lowest BCUT2D eigenvalue weighted by Crippen LogP contribution is -2.26. The Bertz CT molecular complexity index is 767. The number of ether oxygens (including phenoxy) is 1. The molecule has 0 spiro atoms. The number of rotatable bonds is 5. The smallest absolute Gasteiger partial charge is 0.237 e. The minimum Gasteiger partial charge on any atom is -0.495 e. The molecule has 0 bridgehead atoms. The van der Waals surface area contributed by atoms with Gasteiger partial charge in [-0.05, 0) is 31.5 Å². The van der Waals surface area contributed by atoms with Crippen LogP contribution in [-0.4, -0.2) is 33.1 Å². The van der Waals surface area contributed by atoms with Crippen molar-refractivity contribution in [2.45, 2.75) is 50.4 Å². The molecule has 0 saturated carbocycles. The van der Waals surface area contributed by atoms with E-state index in [0.29, 0.717) is 22.4 Å². The molecule has 1 unspecified atom stereocenters. The first-order chi connectivity index (χ1) is 11.6. The summed E-state index contributed by atoms with van der Waals surface area (Å²) in [4.78, 5) is 12.5. The predicted octanol–water partition coefficient (Wildman–Crippen LogP) is 2.73. The molecule has 1 heterocycles. The lowest BCUT2D eigenvalue weighted by molar-refractivity contribution is -0.115. The summed E-state index contributed by atoms with van der Waals surface area (Å²) < 4.78 is 6.74. The van der Waals surface area contributed by atoms with E-state index in [1.165, 1.54) is 16.4 Å².